The third-order valence-corrected chi connectivity index (χ3v) is 6.04. The van der Waals surface area contributed by atoms with Gasteiger partial charge in [-0.25, -0.2) is 4.57 Å². The Kier molecular flexibility index (Phi) is 20.0. The molecule has 192 valence electrons. The van der Waals surface area contributed by atoms with Crippen molar-refractivity contribution in [3.63, 3.8) is 0 Å². The molecule has 0 saturated heterocycles. The average Bonchev–Trinajstić information content (AvgIpc) is 2.71. The summed E-state index contributed by atoms with van der Waals surface area (Å²) < 4.78 is 27.5. The first-order valence-electron chi connectivity index (χ1n) is 12.5. The summed E-state index contributed by atoms with van der Waals surface area (Å²) in [4.78, 5) is 9.62. The Bertz CT molecular complexity index is 495. The van der Waals surface area contributed by atoms with Gasteiger partial charge in [-0.2, -0.15) is 0 Å². The van der Waals surface area contributed by atoms with E-state index in [0.717, 1.165) is 19.3 Å². The second-order valence-corrected chi connectivity index (χ2v) is 11.0. The number of ether oxygens (including phenoxy) is 1. The zero-order valence-electron chi connectivity index (χ0n) is 21.2. The van der Waals surface area contributed by atoms with Gasteiger partial charge in [-0.15, -0.1) is 0 Å². The molecule has 0 bridgehead atoms. The summed E-state index contributed by atoms with van der Waals surface area (Å²) in [6.07, 6.45) is 18.7. The van der Waals surface area contributed by atoms with Gasteiger partial charge in [0.2, 0.25) is 0 Å². The highest BCUT2D eigenvalue weighted by Crippen LogP contribution is 2.43. The number of allylic oxidation sites excluding steroid dienone is 2. The van der Waals surface area contributed by atoms with Crippen molar-refractivity contribution in [2.45, 2.75) is 90.1 Å². The number of quaternary nitrogens is 1. The molecule has 0 saturated carbocycles. The van der Waals surface area contributed by atoms with E-state index in [-0.39, 0.29) is 19.8 Å². The highest BCUT2D eigenvalue weighted by atomic mass is 31.2. The number of nitrogens with zero attached hydrogens (tertiary/aromatic N) is 1. The van der Waals surface area contributed by atoms with Crippen LogP contribution in [0.15, 0.2) is 12.2 Å². The van der Waals surface area contributed by atoms with Crippen molar-refractivity contribution >= 4 is 7.82 Å². The summed E-state index contributed by atoms with van der Waals surface area (Å²) >= 11 is 0. The van der Waals surface area contributed by atoms with E-state index in [4.69, 9.17) is 13.8 Å². The van der Waals surface area contributed by atoms with Gasteiger partial charge in [-0.3, -0.25) is 9.05 Å². The smallest absolute Gasteiger partial charge is 0.388 e. The van der Waals surface area contributed by atoms with Crippen molar-refractivity contribution in [3.05, 3.63) is 12.2 Å². The molecule has 0 rings (SSSR count). The molecule has 0 aliphatic carbocycles. The normalized spacial score (nSPS) is 15.3. The highest BCUT2D eigenvalue weighted by Gasteiger charge is 2.24. The van der Waals surface area contributed by atoms with Gasteiger partial charge in [-0.05, 0) is 25.7 Å². The predicted molar refractivity (Wildman–Crippen MR) is 132 cm³/mol. The largest absolute Gasteiger partial charge is 0.472 e. The minimum absolute atomic E-state index is 0.0705. The number of aliphatic hydroxyl groups is 1. The van der Waals surface area contributed by atoms with E-state index in [0.29, 0.717) is 17.6 Å². The topological polar surface area (TPSA) is 85.2 Å². The van der Waals surface area contributed by atoms with E-state index in [1.807, 2.05) is 21.1 Å². The molecule has 0 spiro atoms. The van der Waals surface area contributed by atoms with Crippen LogP contribution >= 0.6 is 7.82 Å². The maximum absolute atomic E-state index is 11.8. The standard InChI is InChI=1S/C24H50NO6P/c1-5-6-7-8-9-10-11-12-13-14-15-16-17-18-20-29-22-24(26)23-31-32(27,28)30-21-19-25(2,3)4/h15-16,24,26H,5-14,17-23H2,1-4H3/p+1/t24-/m0/s1. The first kappa shape index (κ1) is 31.7. The molecule has 2 N–H and O–H groups in total. The van der Waals surface area contributed by atoms with Crippen LogP contribution in [0.2, 0.25) is 0 Å². The van der Waals surface area contributed by atoms with Crippen LogP contribution in [0, 0.1) is 0 Å². The van der Waals surface area contributed by atoms with Crippen LogP contribution < -0.4 is 0 Å². The van der Waals surface area contributed by atoms with Crippen molar-refractivity contribution in [2.24, 2.45) is 0 Å². The zero-order chi connectivity index (χ0) is 24.1. The molecule has 0 aromatic heterocycles. The first-order valence-corrected chi connectivity index (χ1v) is 14.0. The fraction of sp³-hybridized carbons (Fsp3) is 0.917. The second kappa shape index (κ2) is 20.1. The number of phosphoric ester groups is 1. The van der Waals surface area contributed by atoms with Gasteiger partial charge in [0.25, 0.3) is 0 Å². The number of hydrogen-bond acceptors (Lipinski definition) is 5. The molecule has 0 aromatic carbocycles. The van der Waals surface area contributed by atoms with Crippen molar-refractivity contribution in [1.29, 1.82) is 0 Å². The van der Waals surface area contributed by atoms with E-state index in [1.54, 1.807) is 0 Å². The van der Waals surface area contributed by atoms with Crippen molar-refractivity contribution < 1.29 is 32.8 Å². The maximum Gasteiger partial charge on any atom is 0.472 e. The molecule has 0 fully saturated rings. The second-order valence-electron chi connectivity index (χ2n) is 9.57. The lowest BCUT2D eigenvalue weighted by Crippen LogP contribution is -2.37. The molecule has 32 heavy (non-hydrogen) atoms. The van der Waals surface area contributed by atoms with Crippen molar-refractivity contribution in [3.8, 4) is 0 Å². The molecule has 0 aliphatic rings. The third-order valence-electron chi connectivity index (χ3n) is 5.06. The van der Waals surface area contributed by atoms with Crippen molar-refractivity contribution in [1.82, 2.24) is 0 Å². The van der Waals surface area contributed by atoms with Crippen LogP contribution in [0.25, 0.3) is 0 Å². The molecule has 7 nitrogen and oxygen atoms in total. The van der Waals surface area contributed by atoms with Crippen LogP contribution in [0.4, 0.5) is 0 Å². The highest BCUT2D eigenvalue weighted by molar-refractivity contribution is 7.47. The van der Waals surface area contributed by atoms with E-state index in [2.05, 4.69) is 19.1 Å². The lowest BCUT2D eigenvalue weighted by Gasteiger charge is -2.24. The lowest BCUT2D eigenvalue weighted by atomic mass is 10.1. The summed E-state index contributed by atoms with van der Waals surface area (Å²) in [5.41, 5.74) is 0. The van der Waals surface area contributed by atoms with Gasteiger partial charge in [0.05, 0.1) is 34.4 Å². The quantitative estimate of drug-likeness (QED) is 0.0874. The van der Waals surface area contributed by atoms with Crippen LogP contribution in [0.5, 0.6) is 0 Å². The molecule has 0 amide bonds. The Morgan fingerprint density at radius 3 is 1.97 bits per heavy atom. The Labute approximate surface area is 197 Å². The number of phosphoric acid groups is 1. The van der Waals surface area contributed by atoms with Gasteiger partial charge in [0, 0.05) is 6.61 Å². The summed E-state index contributed by atoms with van der Waals surface area (Å²) in [6.45, 7) is 3.25. The van der Waals surface area contributed by atoms with Crippen LogP contribution in [-0.2, 0) is 18.3 Å². The van der Waals surface area contributed by atoms with Crippen LogP contribution in [0.3, 0.4) is 0 Å². The van der Waals surface area contributed by atoms with E-state index in [9.17, 15) is 14.6 Å². The van der Waals surface area contributed by atoms with Crippen LogP contribution in [-0.4, -0.2) is 74.7 Å². The SMILES string of the molecule is CCCCCCCCCCCC=CCCCOC[C@H](O)COP(=O)(O)OCC[N+](C)(C)C. The Balaban J connectivity index is 3.49. The van der Waals surface area contributed by atoms with Gasteiger partial charge >= 0.3 is 7.82 Å². The molecule has 1 unspecified atom stereocenters. The minimum atomic E-state index is -4.14. The number of likely N-dealkylation sites (N-methyl/N-ethyl adjacent to an activating group) is 1. The summed E-state index contributed by atoms with van der Waals surface area (Å²) in [6, 6.07) is 0. The Morgan fingerprint density at radius 1 is 0.812 bits per heavy atom. The van der Waals surface area contributed by atoms with E-state index in [1.165, 1.54) is 57.8 Å². The first-order chi connectivity index (χ1) is 15.2. The van der Waals surface area contributed by atoms with E-state index < -0.39 is 13.9 Å². The zero-order valence-corrected chi connectivity index (χ0v) is 22.1. The Hall–Kier alpha value is -0.270. The number of unbranched alkanes of at least 4 members (excludes halogenated alkanes) is 10. The maximum atomic E-state index is 11.8. The van der Waals surface area contributed by atoms with Gasteiger partial charge in [-0.1, -0.05) is 70.4 Å². The molecule has 0 radical (unpaired) electrons. The molecular formula is C24H51NO6P+. The van der Waals surface area contributed by atoms with Gasteiger partial charge in [0.15, 0.2) is 0 Å². The summed E-state index contributed by atoms with van der Waals surface area (Å²) in [7, 11) is 1.74. The van der Waals surface area contributed by atoms with Gasteiger partial charge < -0.3 is 19.2 Å². The Morgan fingerprint density at radius 2 is 1.38 bits per heavy atom. The van der Waals surface area contributed by atoms with Crippen LogP contribution in [0.1, 0.15) is 84.0 Å². The van der Waals surface area contributed by atoms with E-state index >= 15 is 0 Å². The molecule has 8 heteroatoms. The average molecular weight is 481 g/mol. The molecule has 0 aliphatic heterocycles. The molecular weight excluding hydrogens is 429 g/mol. The monoisotopic (exact) mass is 480 g/mol. The summed E-state index contributed by atoms with van der Waals surface area (Å²) in [5.74, 6) is 0. The molecule has 0 aromatic rings. The fourth-order valence-electron chi connectivity index (χ4n) is 3.03. The number of hydrogen-bond donors (Lipinski definition) is 2. The lowest BCUT2D eigenvalue weighted by molar-refractivity contribution is -0.870. The minimum Gasteiger partial charge on any atom is -0.388 e. The fourth-order valence-corrected chi connectivity index (χ4v) is 3.77. The summed E-state index contributed by atoms with van der Waals surface area (Å²) in [5, 5.41) is 9.83. The van der Waals surface area contributed by atoms with Crippen molar-refractivity contribution in [2.75, 3.05) is 54.1 Å². The molecule has 2 atom stereocenters. The third kappa shape index (κ3) is 24.4. The number of aliphatic hydroxyl groups excluding tert-OH is 1. The van der Waals surface area contributed by atoms with Gasteiger partial charge in [0.1, 0.15) is 19.3 Å². The predicted octanol–water partition coefficient (Wildman–Crippen LogP) is 5.46. The number of rotatable bonds is 23. The molecule has 0 heterocycles.